The SMILES string of the molecule is CCOC(=O)CSc1nc(Nc2ccccc2)c2c3c(sc2n1)CCCC3. The lowest BCUT2D eigenvalue weighted by molar-refractivity contribution is -0.139. The van der Waals surface area contributed by atoms with Crippen molar-refractivity contribution in [3.8, 4) is 0 Å². The number of carbonyl (C=O) groups excluding carboxylic acids is 1. The second-order valence-corrected chi connectivity index (χ2v) is 8.36. The van der Waals surface area contributed by atoms with Crippen molar-refractivity contribution >= 4 is 50.8 Å². The summed E-state index contributed by atoms with van der Waals surface area (Å²) < 4.78 is 5.01. The number of ether oxygens (including phenoxy) is 1. The average molecular weight is 400 g/mol. The molecule has 1 N–H and O–H groups in total. The third kappa shape index (κ3) is 4.09. The highest BCUT2D eigenvalue weighted by Crippen LogP contribution is 2.40. The van der Waals surface area contributed by atoms with Gasteiger partial charge in [0, 0.05) is 10.6 Å². The molecule has 0 aliphatic heterocycles. The van der Waals surface area contributed by atoms with Gasteiger partial charge in [0.05, 0.1) is 17.7 Å². The van der Waals surface area contributed by atoms with E-state index in [-0.39, 0.29) is 11.7 Å². The van der Waals surface area contributed by atoms with Gasteiger partial charge in [-0.2, -0.15) is 0 Å². The maximum atomic E-state index is 11.7. The van der Waals surface area contributed by atoms with Crippen molar-refractivity contribution in [2.24, 2.45) is 0 Å². The van der Waals surface area contributed by atoms with Gasteiger partial charge in [-0.05, 0) is 50.3 Å². The first-order valence-electron chi connectivity index (χ1n) is 9.17. The predicted octanol–water partition coefficient (Wildman–Crippen LogP) is 4.97. The summed E-state index contributed by atoms with van der Waals surface area (Å²) in [6, 6.07) is 10.0. The quantitative estimate of drug-likeness (QED) is 0.359. The number of carbonyl (C=O) groups is 1. The van der Waals surface area contributed by atoms with Gasteiger partial charge < -0.3 is 10.1 Å². The normalized spacial score (nSPS) is 13.4. The zero-order valence-corrected chi connectivity index (χ0v) is 16.8. The van der Waals surface area contributed by atoms with Gasteiger partial charge in [0.2, 0.25) is 0 Å². The van der Waals surface area contributed by atoms with Crippen molar-refractivity contribution < 1.29 is 9.53 Å². The lowest BCUT2D eigenvalue weighted by atomic mass is 9.97. The van der Waals surface area contributed by atoms with E-state index in [4.69, 9.17) is 14.7 Å². The highest BCUT2D eigenvalue weighted by atomic mass is 32.2. The lowest BCUT2D eigenvalue weighted by Crippen LogP contribution is -2.07. The first-order valence-corrected chi connectivity index (χ1v) is 11.0. The largest absolute Gasteiger partial charge is 0.465 e. The molecular formula is C20H21N3O2S2. The first-order chi connectivity index (χ1) is 13.2. The Morgan fingerprint density at radius 1 is 1.22 bits per heavy atom. The van der Waals surface area contributed by atoms with Gasteiger partial charge in [0.25, 0.3) is 0 Å². The van der Waals surface area contributed by atoms with E-state index in [9.17, 15) is 4.79 Å². The first kappa shape index (κ1) is 18.3. The fourth-order valence-electron chi connectivity index (χ4n) is 3.28. The predicted molar refractivity (Wildman–Crippen MR) is 111 cm³/mol. The summed E-state index contributed by atoms with van der Waals surface area (Å²) in [5.41, 5.74) is 2.39. The number of fused-ring (bicyclic) bond motifs is 3. The van der Waals surface area contributed by atoms with Gasteiger partial charge in [0.1, 0.15) is 10.6 Å². The molecule has 7 heteroatoms. The van der Waals surface area contributed by atoms with Crippen LogP contribution in [0.4, 0.5) is 11.5 Å². The molecule has 0 saturated heterocycles. The number of aromatic nitrogens is 2. The number of rotatable bonds is 6. The van der Waals surface area contributed by atoms with Crippen molar-refractivity contribution in [1.82, 2.24) is 9.97 Å². The van der Waals surface area contributed by atoms with Crippen LogP contribution in [0.25, 0.3) is 10.2 Å². The van der Waals surface area contributed by atoms with Gasteiger partial charge >= 0.3 is 5.97 Å². The molecule has 27 heavy (non-hydrogen) atoms. The minimum Gasteiger partial charge on any atom is -0.465 e. The van der Waals surface area contributed by atoms with E-state index in [2.05, 4.69) is 5.32 Å². The summed E-state index contributed by atoms with van der Waals surface area (Å²) in [4.78, 5) is 23.6. The Labute approximate surface area is 166 Å². The molecule has 0 unspecified atom stereocenters. The van der Waals surface area contributed by atoms with E-state index in [1.165, 1.54) is 35.0 Å². The number of aryl methyl sites for hydroxylation is 2. The molecule has 0 fully saturated rings. The van der Waals surface area contributed by atoms with Gasteiger partial charge in [0.15, 0.2) is 5.16 Å². The third-order valence-electron chi connectivity index (χ3n) is 4.46. The van der Waals surface area contributed by atoms with E-state index >= 15 is 0 Å². The number of hydrogen-bond acceptors (Lipinski definition) is 7. The molecule has 0 radical (unpaired) electrons. The van der Waals surface area contributed by atoms with Crippen LogP contribution in [0, 0.1) is 0 Å². The Morgan fingerprint density at radius 2 is 2.04 bits per heavy atom. The van der Waals surface area contributed by atoms with E-state index in [0.29, 0.717) is 11.8 Å². The van der Waals surface area contributed by atoms with Crippen molar-refractivity contribution in [2.75, 3.05) is 17.7 Å². The number of benzene rings is 1. The number of nitrogens with zero attached hydrogens (tertiary/aromatic N) is 2. The summed E-state index contributed by atoms with van der Waals surface area (Å²) in [6.45, 7) is 2.20. The Bertz CT molecular complexity index is 957. The number of para-hydroxylation sites is 1. The molecular weight excluding hydrogens is 378 g/mol. The fraction of sp³-hybridized carbons (Fsp3) is 0.350. The molecule has 0 bridgehead atoms. The van der Waals surface area contributed by atoms with Crippen molar-refractivity contribution in [2.45, 2.75) is 37.8 Å². The number of nitrogens with one attached hydrogen (secondary N) is 1. The van der Waals surface area contributed by atoms with Crippen molar-refractivity contribution in [3.05, 3.63) is 40.8 Å². The molecule has 0 amide bonds. The Kier molecular flexibility index (Phi) is 5.59. The second-order valence-electron chi connectivity index (χ2n) is 6.33. The van der Waals surface area contributed by atoms with Crippen molar-refractivity contribution in [1.29, 1.82) is 0 Å². The van der Waals surface area contributed by atoms with Crippen LogP contribution in [0.1, 0.15) is 30.2 Å². The maximum Gasteiger partial charge on any atom is 0.316 e. The van der Waals surface area contributed by atoms with Gasteiger partial charge in [-0.3, -0.25) is 4.79 Å². The zero-order valence-electron chi connectivity index (χ0n) is 15.2. The van der Waals surface area contributed by atoms with E-state index in [1.54, 1.807) is 11.3 Å². The molecule has 5 nitrogen and oxygen atoms in total. The van der Waals surface area contributed by atoms with Crippen LogP contribution in [0.3, 0.4) is 0 Å². The molecule has 2 heterocycles. The third-order valence-corrected chi connectivity index (χ3v) is 6.46. The van der Waals surface area contributed by atoms with Crippen LogP contribution < -0.4 is 5.32 Å². The minimum atomic E-state index is -0.241. The number of hydrogen-bond donors (Lipinski definition) is 1. The Balaban J connectivity index is 1.72. The molecule has 0 spiro atoms. The molecule has 1 aliphatic carbocycles. The lowest BCUT2D eigenvalue weighted by Gasteiger charge is -2.13. The molecule has 4 rings (SSSR count). The maximum absolute atomic E-state index is 11.7. The average Bonchev–Trinajstić information content (AvgIpc) is 3.06. The molecule has 0 atom stereocenters. The van der Waals surface area contributed by atoms with E-state index in [1.807, 2.05) is 37.3 Å². The van der Waals surface area contributed by atoms with Crippen LogP contribution in [0.15, 0.2) is 35.5 Å². The second kappa shape index (κ2) is 8.27. The summed E-state index contributed by atoms with van der Waals surface area (Å²) >= 11 is 3.09. The summed E-state index contributed by atoms with van der Waals surface area (Å²) in [5, 5.41) is 5.20. The highest BCUT2D eigenvalue weighted by molar-refractivity contribution is 7.99. The van der Waals surface area contributed by atoms with Crippen LogP contribution in [0.2, 0.25) is 0 Å². The number of anilines is 2. The van der Waals surface area contributed by atoms with E-state index < -0.39 is 0 Å². The van der Waals surface area contributed by atoms with Crippen molar-refractivity contribution in [3.63, 3.8) is 0 Å². The molecule has 2 aromatic heterocycles. The topological polar surface area (TPSA) is 64.1 Å². The molecule has 3 aromatic rings. The Morgan fingerprint density at radius 3 is 2.85 bits per heavy atom. The van der Waals surface area contributed by atoms with Crippen LogP contribution in [-0.2, 0) is 22.4 Å². The van der Waals surface area contributed by atoms with Gasteiger partial charge in [-0.15, -0.1) is 11.3 Å². The zero-order chi connectivity index (χ0) is 18.6. The summed E-state index contributed by atoms with van der Waals surface area (Å²) in [5.74, 6) is 0.807. The Hall–Kier alpha value is -2.12. The molecule has 1 aromatic carbocycles. The molecule has 140 valence electrons. The van der Waals surface area contributed by atoms with Crippen LogP contribution in [0.5, 0.6) is 0 Å². The minimum absolute atomic E-state index is 0.217. The van der Waals surface area contributed by atoms with Crippen LogP contribution >= 0.6 is 23.1 Å². The summed E-state index contributed by atoms with van der Waals surface area (Å²) in [7, 11) is 0. The van der Waals surface area contributed by atoms with E-state index in [0.717, 1.165) is 34.6 Å². The van der Waals surface area contributed by atoms with Gasteiger partial charge in [-0.1, -0.05) is 30.0 Å². The monoisotopic (exact) mass is 399 g/mol. The fourth-order valence-corrected chi connectivity index (χ4v) is 5.24. The number of thiophene rings is 1. The number of thioether (sulfide) groups is 1. The van der Waals surface area contributed by atoms with Crippen LogP contribution in [-0.4, -0.2) is 28.3 Å². The highest BCUT2D eigenvalue weighted by Gasteiger charge is 2.21. The number of esters is 1. The summed E-state index contributed by atoms with van der Waals surface area (Å²) in [6.07, 6.45) is 4.64. The smallest absolute Gasteiger partial charge is 0.316 e. The van der Waals surface area contributed by atoms with Gasteiger partial charge in [-0.25, -0.2) is 9.97 Å². The molecule has 0 saturated carbocycles. The standard InChI is InChI=1S/C20H21N3O2S2/c1-2-25-16(24)12-26-20-22-18(21-13-8-4-3-5-9-13)17-14-10-6-7-11-15(14)27-19(17)23-20/h3-5,8-9H,2,6-7,10-12H2,1H3,(H,21,22,23). The molecule has 1 aliphatic rings.